The average molecular weight is 336 g/mol. The van der Waals surface area contributed by atoms with E-state index in [9.17, 15) is 9.59 Å². The summed E-state index contributed by atoms with van der Waals surface area (Å²) in [6.45, 7) is 2.94. The molecular formula is C19H32N2O3. The zero-order valence-corrected chi connectivity index (χ0v) is 15.0. The topological polar surface area (TPSA) is 58.6 Å². The Kier molecular flexibility index (Phi) is 5.80. The highest BCUT2D eigenvalue weighted by atomic mass is 16.5. The molecule has 24 heavy (non-hydrogen) atoms. The van der Waals surface area contributed by atoms with E-state index < -0.39 is 5.54 Å². The first kappa shape index (κ1) is 17.7. The minimum atomic E-state index is -0.654. The third-order valence-electron chi connectivity index (χ3n) is 6.10. The van der Waals surface area contributed by atoms with Gasteiger partial charge in [0, 0.05) is 26.1 Å². The molecule has 0 aromatic rings. The highest BCUT2D eigenvalue weighted by Gasteiger charge is 2.47. The summed E-state index contributed by atoms with van der Waals surface area (Å²) in [7, 11) is 0. The Balaban J connectivity index is 1.78. The number of amides is 2. The minimum Gasteiger partial charge on any atom is -0.376 e. The molecule has 1 N–H and O–H groups in total. The normalized spacial score (nSPS) is 27.1. The molecule has 136 valence electrons. The summed E-state index contributed by atoms with van der Waals surface area (Å²) in [5, 5.41) is 3.28. The molecule has 5 nitrogen and oxygen atoms in total. The third kappa shape index (κ3) is 3.76. The molecule has 0 spiro atoms. The highest BCUT2D eigenvalue weighted by Crippen LogP contribution is 2.36. The summed E-state index contributed by atoms with van der Waals surface area (Å²) >= 11 is 0. The number of rotatable bonds is 5. The van der Waals surface area contributed by atoms with E-state index in [-0.39, 0.29) is 17.9 Å². The molecule has 5 heteroatoms. The van der Waals surface area contributed by atoms with Gasteiger partial charge < -0.3 is 15.0 Å². The fourth-order valence-electron chi connectivity index (χ4n) is 4.74. The number of hydrogen-bond acceptors (Lipinski definition) is 3. The van der Waals surface area contributed by atoms with Crippen molar-refractivity contribution in [3.8, 4) is 0 Å². The van der Waals surface area contributed by atoms with E-state index in [0.717, 1.165) is 64.4 Å². The number of carbonyl (C=O) groups is 2. The molecule has 1 saturated heterocycles. The summed E-state index contributed by atoms with van der Waals surface area (Å²) in [6.07, 6.45) is 11.5. The Morgan fingerprint density at radius 2 is 1.75 bits per heavy atom. The monoisotopic (exact) mass is 336 g/mol. The van der Waals surface area contributed by atoms with Gasteiger partial charge in [0.15, 0.2) is 0 Å². The molecule has 0 radical (unpaired) electrons. The fourth-order valence-corrected chi connectivity index (χ4v) is 4.74. The molecule has 3 fully saturated rings. The smallest absolute Gasteiger partial charge is 0.246 e. The Morgan fingerprint density at radius 3 is 2.33 bits per heavy atom. The molecule has 1 aliphatic heterocycles. The Morgan fingerprint density at radius 1 is 1.04 bits per heavy atom. The van der Waals surface area contributed by atoms with Crippen molar-refractivity contribution in [1.82, 2.24) is 10.2 Å². The Hall–Kier alpha value is -1.10. The van der Waals surface area contributed by atoms with Crippen LogP contribution in [0.4, 0.5) is 0 Å². The number of ether oxygens (including phenoxy) is 1. The van der Waals surface area contributed by atoms with Gasteiger partial charge in [-0.15, -0.1) is 0 Å². The van der Waals surface area contributed by atoms with Crippen LogP contribution in [0.25, 0.3) is 0 Å². The van der Waals surface area contributed by atoms with Gasteiger partial charge in [-0.1, -0.05) is 32.1 Å². The second-order valence-electron chi connectivity index (χ2n) is 7.81. The number of nitrogens with zero attached hydrogens (tertiary/aromatic N) is 1. The molecule has 0 aromatic heterocycles. The molecular weight excluding hydrogens is 304 g/mol. The van der Waals surface area contributed by atoms with Crippen LogP contribution in [-0.2, 0) is 14.3 Å². The van der Waals surface area contributed by atoms with Crippen molar-refractivity contribution in [2.45, 2.75) is 95.2 Å². The fraction of sp³-hybridized carbons (Fsp3) is 0.895. The van der Waals surface area contributed by atoms with Gasteiger partial charge in [0.1, 0.15) is 5.54 Å². The molecule has 2 aliphatic carbocycles. The minimum absolute atomic E-state index is 0.00831. The van der Waals surface area contributed by atoms with Crippen LogP contribution >= 0.6 is 0 Å². The lowest BCUT2D eigenvalue weighted by atomic mass is 9.78. The summed E-state index contributed by atoms with van der Waals surface area (Å²) in [6, 6.07) is 0.299. The van der Waals surface area contributed by atoms with Crippen molar-refractivity contribution in [1.29, 1.82) is 0 Å². The lowest BCUT2D eigenvalue weighted by Gasteiger charge is -2.46. The molecule has 0 bridgehead atoms. The predicted octanol–water partition coefficient (Wildman–Crippen LogP) is 2.78. The van der Waals surface area contributed by atoms with Gasteiger partial charge in [-0.25, -0.2) is 0 Å². The predicted molar refractivity (Wildman–Crippen MR) is 92.6 cm³/mol. The molecule has 2 saturated carbocycles. The maximum absolute atomic E-state index is 13.2. The van der Waals surface area contributed by atoms with Crippen molar-refractivity contribution in [2.24, 2.45) is 0 Å². The van der Waals surface area contributed by atoms with Crippen molar-refractivity contribution >= 4 is 11.8 Å². The van der Waals surface area contributed by atoms with Crippen LogP contribution < -0.4 is 5.32 Å². The van der Waals surface area contributed by atoms with Crippen LogP contribution in [-0.4, -0.2) is 47.6 Å². The van der Waals surface area contributed by atoms with E-state index in [1.54, 1.807) is 6.92 Å². The summed E-state index contributed by atoms with van der Waals surface area (Å²) in [5.74, 6) is 0.0938. The van der Waals surface area contributed by atoms with Crippen molar-refractivity contribution in [3.05, 3.63) is 0 Å². The van der Waals surface area contributed by atoms with E-state index in [4.69, 9.17) is 4.74 Å². The SMILES string of the molecule is CC(=O)N(C[C@H]1CCCO1)C1(C(=O)NC2CCCC2)CCCCC1. The molecule has 1 atom stereocenters. The van der Waals surface area contributed by atoms with Gasteiger partial charge in [-0.05, 0) is 38.5 Å². The summed E-state index contributed by atoms with van der Waals surface area (Å²) in [4.78, 5) is 27.6. The molecule has 0 unspecified atom stereocenters. The van der Waals surface area contributed by atoms with Crippen molar-refractivity contribution in [3.63, 3.8) is 0 Å². The van der Waals surface area contributed by atoms with Gasteiger partial charge >= 0.3 is 0 Å². The van der Waals surface area contributed by atoms with E-state index in [1.807, 2.05) is 4.90 Å². The van der Waals surface area contributed by atoms with Gasteiger partial charge in [-0.3, -0.25) is 9.59 Å². The van der Waals surface area contributed by atoms with E-state index >= 15 is 0 Å². The Labute approximate surface area is 145 Å². The molecule has 1 heterocycles. The average Bonchev–Trinajstić information content (AvgIpc) is 3.26. The number of nitrogens with one attached hydrogen (secondary N) is 1. The van der Waals surface area contributed by atoms with Crippen LogP contribution in [0.1, 0.15) is 77.6 Å². The van der Waals surface area contributed by atoms with Gasteiger partial charge in [0.2, 0.25) is 11.8 Å². The molecule has 2 amide bonds. The second-order valence-corrected chi connectivity index (χ2v) is 7.81. The van der Waals surface area contributed by atoms with Crippen molar-refractivity contribution in [2.75, 3.05) is 13.2 Å². The number of carbonyl (C=O) groups excluding carboxylic acids is 2. The van der Waals surface area contributed by atoms with E-state index in [2.05, 4.69) is 5.32 Å². The van der Waals surface area contributed by atoms with E-state index in [1.165, 1.54) is 12.8 Å². The first-order valence-electron chi connectivity index (χ1n) is 9.82. The zero-order valence-electron chi connectivity index (χ0n) is 15.0. The third-order valence-corrected chi connectivity index (χ3v) is 6.10. The van der Waals surface area contributed by atoms with Crippen LogP contribution in [0.5, 0.6) is 0 Å². The standard InChI is InChI=1S/C19H32N2O3/c1-15(22)21(14-17-10-7-13-24-17)19(11-5-2-6-12-19)18(23)20-16-8-3-4-9-16/h16-17H,2-14H2,1H3,(H,20,23)/t17-/m1/s1. The molecule has 0 aromatic carbocycles. The first-order valence-corrected chi connectivity index (χ1v) is 9.82. The first-order chi connectivity index (χ1) is 11.6. The van der Waals surface area contributed by atoms with Crippen LogP contribution in [0.15, 0.2) is 0 Å². The zero-order chi connectivity index (χ0) is 17.0. The van der Waals surface area contributed by atoms with Crippen molar-refractivity contribution < 1.29 is 14.3 Å². The van der Waals surface area contributed by atoms with Crippen LogP contribution in [0.2, 0.25) is 0 Å². The largest absolute Gasteiger partial charge is 0.376 e. The maximum atomic E-state index is 13.2. The van der Waals surface area contributed by atoms with Gasteiger partial charge in [-0.2, -0.15) is 0 Å². The summed E-state index contributed by atoms with van der Waals surface area (Å²) < 4.78 is 5.76. The van der Waals surface area contributed by atoms with Crippen LogP contribution in [0, 0.1) is 0 Å². The second kappa shape index (κ2) is 7.85. The maximum Gasteiger partial charge on any atom is 0.246 e. The highest BCUT2D eigenvalue weighted by molar-refractivity contribution is 5.91. The van der Waals surface area contributed by atoms with E-state index in [0.29, 0.717) is 12.6 Å². The number of hydrogen-bond donors (Lipinski definition) is 1. The lowest BCUT2D eigenvalue weighted by Crippen LogP contribution is -2.63. The quantitative estimate of drug-likeness (QED) is 0.840. The van der Waals surface area contributed by atoms with Crippen LogP contribution in [0.3, 0.4) is 0 Å². The van der Waals surface area contributed by atoms with Gasteiger partial charge in [0.25, 0.3) is 0 Å². The Bertz CT molecular complexity index is 448. The lowest BCUT2D eigenvalue weighted by molar-refractivity contribution is -0.151. The molecule has 3 rings (SSSR count). The summed E-state index contributed by atoms with van der Waals surface area (Å²) in [5.41, 5.74) is -0.654. The molecule has 3 aliphatic rings. The van der Waals surface area contributed by atoms with Gasteiger partial charge in [0.05, 0.1) is 6.10 Å².